The van der Waals surface area contributed by atoms with Crippen molar-refractivity contribution in [2.75, 3.05) is 11.6 Å². The lowest BCUT2D eigenvalue weighted by atomic mass is 10.2. The van der Waals surface area contributed by atoms with Crippen LogP contribution in [0.4, 0.5) is 5.69 Å². The zero-order valence-corrected chi connectivity index (χ0v) is 16.0. The Morgan fingerprint density at radius 1 is 1.12 bits per heavy atom. The molecule has 0 saturated carbocycles. The van der Waals surface area contributed by atoms with Crippen LogP contribution < -0.4 is 10.1 Å². The lowest BCUT2D eigenvalue weighted by Crippen LogP contribution is -2.13. The minimum absolute atomic E-state index is 0.210. The van der Waals surface area contributed by atoms with Gasteiger partial charge in [-0.3, -0.25) is 4.79 Å². The Morgan fingerprint density at radius 3 is 2.62 bits per heavy atom. The topological polar surface area (TPSA) is 51.2 Å². The number of anilines is 1. The largest absolute Gasteiger partial charge is 0.435 e. The molecule has 0 spiro atoms. The van der Waals surface area contributed by atoms with Crippen LogP contribution in [-0.4, -0.2) is 17.1 Å². The van der Waals surface area contributed by atoms with E-state index in [1.807, 2.05) is 24.5 Å². The monoisotopic (exact) mass is 404 g/mol. The second-order valence-corrected chi connectivity index (χ2v) is 6.88. The minimum Gasteiger partial charge on any atom is -0.435 e. The maximum Gasteiger partial charge on any atom is 0.256 e. The van der Waals surface area contributed by atoms with Gasteiger partial charge in [-0.25, -0.2) is 4.98 Å². The summed E-state index contributed by atoms with van der Waals surface area (Å²) in [5, 5.41) is 3.58. The van der Waals surface area contributed by atoms with Crippen molar-refractivity contribution in [1.82, 2.24) is 4.98 Å². The first-order valence-electron chi connectivity index (χ1n) is 7.61. The van der Waals surface area contributed by atoms with Gasteiger partial charge < -0.3 is 10.1 Å². The Labute approximate surface area is 165 Å². The van der Waals surface area contributed by atoms with Gasteiger partial charge in [0.1, 0.15) is 5.02 Å². The summed E-state index contributed by atoms with van der Waals surface area (Å²) in [6.45, 7) is 0. The van der Waals surface area contributed by atoms with Crippen LogP contribution in [0.2, 0.25) is 10.0 Å². The number of carbonyl (C=O) groups is 1. The molecule has 0 unspecified atom stereocenters. The van der Waals surface area contributed by atoms with Crippen LogP contribution in [-0.2, 0) is 0 Å². The van der Waals surface area contributed by atoms with Crippen molar-refractivity contribution in [1.29, 1.82) is 0 Å². The summed E-state index contributed by atoms with van der Waals surface area (Å²) in [6, 6.07) is 16.0. The van der Waals surface area contributed by atoms with Gasteiger partial charge in [0.2, 0.25) is 5.88 Å². The number of carbonyl (C=O) groups excluding carboxylic acids is 1. The highest BCUT2D eigenvalue weighted by atomic mass is 35.5. The molecule has 3 rings (SSSR count). The fourth-order valence-electron chi connectivity index (χ4n) is 2.26. The number of nitrogens with one attached hydrogen (secondary N) is 1. The highest BCUT2D eigenvalue weighted by molar-refractivity contribution is 7.98. The molecule has 2 aromatic carbocycles. The molecule has 4 nitrogen and oxygen atoms in total. The summed E-state index contributed by atoms with van der Waals surface area (Å²) in [6.07, 6.45) is 3.37. The maximum atomic E-state index is 12.7. The molecule has 0 aliphatic carbocycles. The van der Waals surface area contributed by atoms with E-state index in [0.29, 0.717) is 22.0 Å². The molecule has 0 aliphatic heterocycles. The number of nitrogens with zero attached hydrogens (tertiary/aromatic N) is 1. The quantitative estimate of drug-likeness (QED) is 0.517. The first-order chi connectivity index (χ1) is 12.6. The van der Waals surface area contributed by atoms with Gasteiger partial charge >= 0.3 is 0 Å². The number of thioether (sulfide) groups is 1. The number of aromatic nitrogens is 1. The summed E-state index contributed by atoms with van der Waals surface area (Å²) in [4.78, 5) is 17.6. The third-order valence-electron chi connectivity index (χ3n) is 3.47. The van der Waals surface area contributed by atoms with Crippen LogP contribution in [0.3, 0.4) is 0 Å². The fourth-order valence-corrected chi connectivity index (χ4v) is 3.28. The van der Waals surface area contributed by atoms with Gasteiger partial charge in [0.05, 0.1) is 16.3 Å². The third kappa shape index (κ3) is 4.30. The van der Waals surface area contributed by atoms with Gasteiger partial charge in [-0.15, -0.1) is 11.8 Å². The molecule has 1 aromatic heterocycles. The maximum absolute atomic E-state index is 12.7. The lowest BCUT2D eigenvalue weighted by Gasteiger charge is -2.13. The van der Waals surface area contributed by atoms with E-state index in [2.05, 4.69) is 10.3 Å². The van der Waals surface area contributed by atoms with Crippen LogP contribution in [0.15, 0.2) is 65.7 Å². The van der Waals surface area contributed by atoms with Crippen molar-refractivity contribution in [2.24, 2.45) is 0 Å². The second-order valence-electron chi connectivity index (χ2n) is 5.19. The lowest BCUT2D eigenvalue weighted by molar-refractivity contribution is 0.102. The second kappa shape index (κ2) is 8.45. The molecule has 1 N–H and O–H groups in total. The van der Waals surface area contributed by atoms with Crippen molar-refractivity contribution in [3.63, 3.8) is 0 Å². The van der Waals surface area contributed by atoms with E-state index >= 15 is 0 Å². The molecule has 7 heteroatoms. The number of hydrogen-bond acceptors (Lipinski definition) is 4. The molecule has 132 valence electrons. The molecule has 0 aliphatic rings. The van der Waals surface area contributed by atoms with E-state index < -0.39 is 0 Å². The predicted octanol–water partition coefficient (Wildman–Crippen LogP) is 6.15. The Balaban J connectivity index is 1.86. The molecule has 1 heterocycles. The van der Waals surface area contributed by atoms with E-state index in [9.17, 15) is 4.79 Å². The Morgan fingerprint density at radius 2 is 1.85 bits per heavy atom. The average molecular weight is 405 g/mol. The van der Waals surface area contributed by atoms with Crippen LogP contribution in [0.5, 0.6) is 11.6 Å². The molecule has 0 fully saturated rings. The summed E-state index contributed by atoms with van der Waals surface area (Å²) in [5.74, 6) is 0.419. The highest BCUT2D eigenvalue weighted by Crippen LogP contribution is 2.33. The Bertz CT molecular complexity index is 950. The van der Waals surface area contributed by atoms with Crippen LogP contribution in [0.1, 0.15) is 10.4 Å². The van der Waals surface area contributed by atoms with Gasteiger partial charge in [-0.05, 0) is 36.6 Å². The summed E-state index contributed by atoms with van der Waals surface area (Å²) in [5.41, 5.74) is 1.11. The number of amides is 1. The fraction of sp³-hybridized carbons (Fsp3) is 0.0526. The van der Waals surface area contributed by atoms with Crippen molar-refractivity contribution in [2.45, 2.75) is 4.90 Å². The van der Waals surface area contributed by atoms with Gasteiger partial charge in [0, 0.05) is 11.1 Å². The predicted molar refractivity (Wildman–Crippen MR) is 107 cm³/mol. The van der Waals surface area contributed by atoms with E-state index in [1.54, 1.807) is 36.4 Å². The number of benzene rings is 2. The third-order valence-corrected chi connectivity index (χ3v) is 4.74. The van der Waals surface area contributed by atoms with Crippen LogP contribution in [0.25, 0.3) is 0 Å². The molecular formula is C19H14Cl2N2O2S. The highest BCUT2D eigenvalue weighted by Gasteiger charge is 2.14. The Hall–Kier alpha value is -2.21. The molecule has 3 aromatic rings. The number of ether oxygens (including phenoxy) is 1. The van der Waals surface area contributed by atoms with E-state index in [1.165, 1.54) is 18.0 Å². The molecule has 1 amide bonds. The van der Waals surface area contributed by atoms with Gasteiger partial charge in [0.25, 0.3) is 5.91 Å². The van der Waals surface area contributed by atoms with E-state index in [-0.39, 0.29) is 16.8 Å². The summed E-state index contributed by atoms with van der Waals surface area (Å²) < 4.78 is 5.77. The van der Waals surface area contributed by atoms with Crippen molar-refractivity contribution in [3.8, 4) is 11.6 Å². The molecule has 26 heavy (non-hydrogen) atoms. The van der Waals surface area contributed by atoms with Crippen LogP contribution in [0, 0.1) is 0 Å². The first kappa shape index (κ1) is 18.6. The molecule has 0 radical (unpaired) electrons. The smallest absolute Gasteiger partial charge is 0.256 e. The summed E-state index contributed by atoms with van der Waals surface area (Å²) >= 11 is 13.5. The van der Waals surface area contributed by atoms with E-state index in [4.69, 9.17) is 27.9 Å². The zero-order chi connectivity index (χ0) is 18.5. The molecule has 0 bridgehead atoms. The Kier molecular flexibility index (Phi) is 6.04. The number of hydrogen-bond donors (Lipinski definition) is 1. The number of para-hydroxylation sites is 2. The normalized spacial score (nSPS) is 10.4. The van der Waals surface area contributed by atoms with Crippen molar-refractivity contribution >= 4 is 46.6 Å². The minimum atomic E-state index is -0.221. The standard InChI is InChI=1S/C19H14Cl2N2O2S/c1-26-17-9-5-2-6-13(17)18(24)23-15-7-3-4-8-16(15)25-19-14(21)10-12(20)11-22-19/h2-11H,1H3,(H,23,24). The van der Waals surface area contributed by atoms with Crippen molar-refractivity contribution < 1.29 is 9.53 Å². The average Bonchev–Trinajstić information content (AvgIpc) is 2.65. The van der Waals surface area contributed by atoms with Crippen LogP contribution >= 0.6 is 35.0 Å². The number of rotatable bonds is 5. The molecular weight excluding hydrogens is 391 g/mol. The first-order valence-corrected chi connectivity index (χ1v) is 9.59. The van der Waals surface area contributed by atoms with Gasteiger partial charge in [-0.1, -0.05) is 47.5 Å². The zero-order valence-electron chi connectivity index (χ0n) is 13.7. The van der Waals surface area contributed by atoms with Gasteiger partial charge in [0.15, 0.2) is 5.75 Å². The number of halogens is 2. The SMILES string of the molecule is CSc1ccccc1C(=O)Nc1ccccc1Oc1ncc(Cl)cc1Cl. The van der Waals surface area contributed by atoms with Crippen molar-refractivity contribution in [3.05, 3.63) is 76.4 Å². The molecule has 0 atom stereocenters. The van der Waals surface area contributed by atoms with E-state index in [0.717, 1.165) is 4.90 Å². The van der Waals surface area contributed by atoms with Gasteiger partial charge in [-0.2, -0.15) is 0 Å². The summed E-state index contributed by atoms with van der Waals surface area (Å²) in [7, 11) is 0. The molecule has 0 saturated heterocycles. The number of pyridine rings is 1.